The van der Waals surface area contributed by atoms with Crippen molar-refractivity contribution in [3.8, 4) is 6.07 Å². The summed E-state index contributed by atoms with van der Waals surface area (Å²) in [5, 5.41) is 9.22. The van der Waals surface area contributed by atoms with Gasteiger partial charge >= 0.3 is 6.18 Å². The van der Waals surface area contributed by atoms with Gasteiger partial charge in [-0.3, -0.25) is 0 Å². The van der Waals surface area contributed by atoms with Gasteiger partial charge in [0.05, 0.1) is 5.56 Å². The number of hydrogen-bond acceptors (Lipinski definition) is 4. The Morgan fingerprint density at radius 1 is 1.08 bits per heavy atom. The van der Waals surface area contributed by atoms with E-state index in [4.69, 9.17) is 0 Å². The van der Waals surface area contributed by atoms with Crippen LogP contribution in [0.25, 0.3) is 0 Å². The van der Waals surface area contributed by atoms with E-state index >= 15 is 0 Å². The van der Waals surface area contributed by atoms with E-state index in [1.54, 1.807) is 4.90 Å². The van der Waals surface area contributed by atoms with E-state index in [1.807, 2.05) is 56.3 Å². The second-order valence-corrected chi connectivity index (χ2v) is 5.75. The smallest absolute Gasteiger partial charge is 0.378 e. The van der Waals surface area contributed by atoms with E-state index in [-0.39, 0.29) is 11.4 Å². The Morgan fingerprint density at radius 3 is 2.20 bits per heavy atom. The fourth-order valence-corrected chi connectivity index (χ4v) is 2.39. The van der Waals surface area contributed by atoms with E-state index in [0.29, 0.717) is 13.1 Å². The number of nitriles is 1. The van der Waals surface area contributed by atoms with Gasteiger partial charge in [0, 0.05) is 32.9 Å². The number of alkyl halides is 3. The molecule has 25 heavy (non-hydrogen) atoms. The van der Waals surface area contributed by atoms with Gasteiger partial charge in [-0.1, -0.05) is 12.1 Å². The summed E-state index contributed by atoms with van der Waals surface area (Å²) in [6.07, 6.45) is -4.55. The first-order valence-corrected chi connectivity index (χ1v) is 7.75. The second kappa shape index (κ2) is 7.43. The molecule has 0 N–H and O–H groups in total. The van der Waals surface area contributed by atoms with Gasteiger partial charge in [-0.25, -0.2) is 4.98 Å². The van der Waals surface area contributed by atoms with Crippen LogP contribution in [0.3, 0.4) is 0 Å². The van der Waals surface area contributed by atoms with E-state index in [1.165, 1.54) is 6.07 Å². The summed E-state index contributed by atoms with van der Waals surface area (Å²) in [6, 6.07) is 11.6. The first kappa shape index (κ1) is 18.6. The SMILES string of the molecule is CCN(Cc1ccc(N(C)C)cc1)c1nc(C(F)(F)F)ccc1C#N. The average molecular weight is 348 g/mol. The van der Waals surface area contributed by atoms with Gasteiger partial charge in [0.15, 0.2) is 0 Å². The maximum atomic E-state index is 12.9. The van der Waals surface area contributed by atoms with Crippen LogP contribution in [0.2, 0.25) is 0 Å². The Labute approximate surface area is 145 Å². The minimum absolute atomic E-state index is 0.0523. The van der Waals surface area contributed by atoms with Crippen LogP contribution in [0.1, 0.15) is 23.7 Å². The normalized spacial score (nSPS) is 11.1. The molecule has 0 bridgehead atoms. The lowest BCUT2D eigenvalue weighted by molar-refractivity contribution is -0.141. The summed E-state index contributed by atoms with van der Waals surface area (Å²) in [7, 11) is 3.86. The van der Waals surface area contributed by atoms with Crippen LogP contribution in [0.4, 0.5) is 24.7 Å². The van der Waals surface area contributed by atoms with Crippen molar-refractivity contribution in [1.29, 1.82) is 5.26 Å². The Balaban J connectivity index is 2.35. The molecule has 0 atom stereocenters. The van der Waals surface area contributed by atoms with Gasteiger partial charge in [0.2, 0.25) is 0 Å². The summed E-state index contributed by atoms with van der Waals surface area (Å²) >= 11 is 0. The summed E-state index contributed by atoms with van der Waals surface area (Å²) in [4.78, 5) is 7.33. The second-order valence-electron chi connectivity index (χ2n) is 5.75. The fraction of sp³-hybridized carbons (Fsp3) is 0.333. The zero-order valence-electron chi connectivity index (χ0n) is 14.3. The molecule has 2 rings (SSSR count). The molecule has 0 fully saturated rings. The Kier molecular flexibility index (Phi) is 5.52. The molecule has 0 saturated carbocycles. The molecule has 1 aromatic heterocycles. The lowest BCUT2D eigenvalue weighted by Gasteiger charge is -2.24. The van der Waals surface area contributed by atoms with E-state index in [9.17, 15) is 18.4 Å². The maximum absolute atomic E-state index is 12.9. The summed E-state index contributed by atoms with van der Waals surface area (Å²) < 4.78 is 38.8. The lowest BCUT2D eigenvalue weighted by Crippen LogP contribution is -2.25. The van der Waals surface area contributed by atoms with Crippen molar-refractivity contribution in [3.63, 3.8) is 0 Å². The Bertz CT molecular complexity index is 761. The van der Waals surface area contributed by atoms with Gasteiger partial charge < -0.3 is 9.80 Å². The zero-order chi connectivity index (χ0) is 18.6. The highest BCUT2D eigenvalue weighted by atomic mass is 19.4. The van der Waals surface area contributed by atoms with Crippen LogP contribution in [-0.4, -0.2) is 25.6 Å². The van der Waals surface area contributed by atoms with Crippen molar-refractivity contribution >= 4 is 11.5 Å². The van der Waals surface area contributed by atoms with E-state index < -0.39 is 11.9 Å². The van der Waals surface area contributed by atoms with E-state index in [0.717, 1.165) is 17.3 Å². The van der Waals surface area contributed by atoms with Crippen LogP contribution in [-0.2, 0) is 12.7 Å². The number of benzene rings is 1. The van der Waals surface area contributed by atoms with Gasteiger partial charge in [-0.2, -0.15) is 18.4 Å². The highest BCUT2D eigenvalue weighted by Crippen LogP contribution is 2.31. The molecule has 2 aromatic rings. The molecule has 4 nitrogen and oxygen atoms in total. The van der Waals surface area contributed by atoms with Gasteiger partial charge in [-0.15, -0.1) is 0 Å². The molecule has 0 spiro atoms. The fourth-order valence-electron chi connectivity index (χ4n) is 2.39. The number of aromatic nitrogens is 1. The van der Waals surface area contributed by atoms with Crippen LogP contribution in [0, 0.1) is 11.3 Å². The highest BCUT2D eigenvalue weighted by molar-refractivity contribution is 5.55. The number of rotatable bonds is 5. The first-order chi connectivity index (χ1) is 11.8. The monoisotopic (exact) mass is 348 g/mol. The minimum atomic E-state index is -4.55. The summed E-state index contributed by atoms with van der Waals surface area (Å²) in [6.45, 7) is 2.61. The number of hydrogen-bond donors (Lipinski definition) is 0. The standard InChI is InChI=1S/C18H19F3N4/c1-4-25(12-13-5-8-15(9-6-13)24(2)3)17-14(11-22)7-10-16(23-17)18(19,20)21/h5-10H,4,12H2,1-3H3. The molecule has 1 aromatic carbocycles. The molecule has 1 heterocycles. The molecular weight excluding hydrogens is 329 g/mol. The molecule has 0 aliphatic carbocycles. The third-order valence-electron chi connectivity index (χ3n) is 3.79. The first-order valence-electron chi connectivity index (χ1n) is 7.75. The number of pyridine rings is 1. The summed E-state index contributed by atoms with van der Waals surface area (Å²) in [5.74, 6) is 0.0523. The minimum Gasteiger partial charge on any atom is -0.378 e. The predicted molar refractivity (Wildman–Crippen MR) is 91.4 cm³/mol. The molecule has 0 radical (unpaired) electrons. The molecule has 0 aliphatic heterocycles. The average Bonchev–Trinajstić information content (AvgIpc) is 2.58. The van der Waals surface area contributed by atoms with Crippen LogP contribution in [0.5, 0.6) is 0 Å². The molecule has 0 aliphatic rings. The number of halogens is 3. The van der Waals surface area contributed by atoms with Crippen molar-refractivity contribution in [2.75, 3.05) is 30.4 Å². The quantitative estimate of drug-likeness (QED) is 0.817. The van der Waals surface area contributed by atoms with Crippen molar-refractivity contribution in [2.45, 2.75) is 19.6 Å². The van der Waals surface area contributed by atoms with Crippen molar-refractivity contribution in [1.82, 2.24) is 4.98 Å². The predicted octanol–water partition coefficient (Wildman–Crippen LogP) is 4.06. The topological polar surface area (TPSA) is 43.2 Å². The van der Waals surface area contributed by atoms with Crippen LogP contribution >= 0.6 is 0 Å². The number of anilines is 2. The Morgan fingerprint density at radius 2 is 1.72 bits per heavy atom. The van der Waals surface area contributed by atoms with Crippen LogP contribution < -0.4 is 9.80 Å². The highest BCUT2D eigenvalue weighted by Gasteiger charge is 2.33. The summed E-state index contributed by atoms with van der Waals surface area (Å²) in [5.41, 5.74) is 1.08. The van der Waals surface area contributed by atoms with Crippen molar-refractivity contribution in [2.24, 2.45) is 0 Å². The number of nitrogens with zero attached hydrogens (tertiary/aromatic N) is 4. The van der Waals surface area contributed by atoms with Gasteiger partial charge in [0.1, 0.15) is 17.6 Å². The molecule has 0 unspecified atom stereocenters. The molecule has 0 amide bonds. The molecule has 0 saturated heterocycles. The third kappa shape index (κ3) is 4.41. The third-order valence-corrected chi connectivity index (χ3v) is 3.79. The van der Waals surface area contributed by atoms with Gasteiger partial charge in [0.25, 0.3) is 0 Å². The zero-order valence-corrected chi connectivity index (χ0v) is 14.3. The maximum Gasteiger partial charge on any atom is 0.433 e. The van der Waals surface area contributed by atoms with E-state index in [2.05, 4.69) is 4.98 Å². The molecular formula is C18H19F3N4. The molecule has 7 heteroatoms. The largest absolute Gasteiger partial charge is 0.433 e. The van der Waals surface area contributed by atoms with Crippen molar-refractivity contribution < 1.29 is 13.2 Å². The van der Waals surface area contributed by atoms with Gasteiger partial charge in [-0.05, 0) is 36.8 Å². The Hall–Kier alpha value is -2.75. The van der Waals surface area contributed by atoms with Crippen LogP contribution in [0.15, 0.2) is 36.4 Å². The van der Waals surface area contributed by atoms with Crippen molar-refractivity contribution in [3.05, 3.63) is 53.2 Å². The lowest BCUT2D eigenvalue weighted by atomic mass is 10.1. The molecule has 132 valence electrons.